The van der Waals surface area contributed by atoms with Crippen molar-refractivity contribution in [2.45, 2.75) is 30.9 Å². The molecule has 2 fully saturated rings. The van der Waals surface area contributed by atoms with E-state index in [1.165, 1.54) is 18.0 Å². The van der Waals surface area contributed by atoms with Crippen LogP contribution in [0.25, 0.3) is 0 Å². The van der Waals surface area contributed by atoms with E-state index in [4.69, 9.17) is 9.84 Å². The highest BCUT2D eigenvalue weighted by Gasteiger charge is 2.43. The molecule has 7 nitrogen and oxygen atoms in total. The van der Waals surface area contributed by atoms with E-state index in [0.717, 1.165) is 35.4 Å². The van der Waals surface area contributed by atoms with E-state index >= 15 is 0 Å². The third-order valence-corrected chi connectivity index (χ3v) is 7.13. The highest BCUT2D eigenvalue weighted by Crippen LogP contribution is 2.48. The predicted octanol–water partition coefficient (Wildman–Crippen LogP) is 3.12. The van der Waals surface area contributed by atoms with Crippen molar-refractivity contribution in [2.75, 3.05) is 23.9 Å². The first-order valence-electron chi connectivity index (χ1n) is 8.95. The average molecular weight is 421 g/mol. The zero-order valence-electron chi connectivity index (χ0n) is 15.0. The molecule has 2 N–H and O–H groups in total. The number of carbonyl (C=O) groups excluding carboxylic acids is 1. The summed E-state index contributed by atoms with van der Waals surface area (Å²) >= 11 is 2.36. The molecule has 4 rings (SSSR count). The number of aromatic nitrogens is 1. The minimum Gasteiger partial charge on any atom is -0.477 e. The second kappa shape index (κ2) is 7.82. The number of thioether (sulfide) groups is 1. The maximum Gasteiger partial charge on any atom is 0.347 e. The molecule has 148 valence electrons. The van der Waals surface area contributed by atoms with Gasteiger partial charge >= 0.3 is 5.97 Å². The molecule has 1 aromatic heterocycles. The summed E-state index contributed by atoms with van der Waals surface area (Å²) in [5, 5.41) is 19.1. The minimum atomic E-state index is -0.995. The molecule has 1 amide bonds. The Bertz CT molecular complexity index is 879. The average Bonchev–Trinajstić information content (AvgIpc) is 3.20. The Morgan fingerprint density at radius 1 is 1.32 bits per heavy atom. The Morgan fingerprint density at radius 3 is 2.68 bits per heavy atom. The van der Waals surface area contributed by atoms with Gasteiger partial charge in [-0.05, 0) is 30.5 Å². The van der Waals surface area contributed by atoms with Crippen LogP contribution in [-0.2, 0) is 16.8 Å². The quantitative estimate of drug-likeness (QED) is 0.677. The Kier molecular flexibility index (Phi) is 5.42. The number of carbonyl (C=O) groups is 2. The number of aliphatic hydroxyl groups excluding tert-OH is 1. The van der Waals surface area contributed by atoms with Crippen molar-refractivity contribution in [1.29, 1.82) is 0 Å². The first-order valence-corrected chi connectivity index (χ1v) is 10.8. The summed E-state index contributed by atoms with van der Waals surface area (Å²) in [5.41, 5.74) is 1.85. The van der Waals surface area contributed by atoms with Crippen LogP contribution in [0.5, 0.6) is 0 Å². The van der Waals surface area contributed by atoms with E-state index in [-0.39, 0.29) is 34.8 Å². The highest BCUT2D eigenvalue weighted by molar-refractivity contribution is 8.14. The van der Waals surface area contributed by atoms with Crippen LogP contribution in [-0.4, -0.2) is 51.4 Å². The van der Waals surface area contributed by atoms with Gasteiger partial charge < -0.3 is 14.9 Å². The highest BCUT2D eigenvalue weighted by atomic mass is 32.2. The van der Waals surface area contributed by atoms with Crippen molar-refractivity contribution in [1.82, 2.24) is 4.98 Å². The van der Waals surface area contributed by atoms with Crippen LogP contribution in [0.1, 0.15) is 33.1 Å². The van der Waals surface area contributed by atoms with Crippen molar-refractivity contribution < 1.29 is 24.5 Å². The summed E-state index contributed by atoms with van der Waals surface area (Å²) < 4.78 is 5.72. The minimum absolute atomic E-state index is 0.00736. The number of aromatic carboxylic acids is 1. The third-order valence-electron chi connectivity index (χ3n) is 5.18. The lowest BCUT2D eigenvalue weighted by Crippen LogP contribution is -2.36. The molecule has 1 saturated heterocycles. The van der Waals surface area contributed by atoms with Crippen molar-refractivity contribution in [3.8, 4) is 0 Å². The Balaban J connectivity index is 1.38. The zero-order valence-corrected chi connectivity index (χ0v) is 16.7. The van der Waals surface area contributed by atoms with Gasteiger partial charge in [-0.2, -0.15) is 0 Å². The second-order valence-corrected chi connectivity index (χ2v) is 9.11. The summed E-state index contributed by atoms with van der Waals surface area (Å²) in [7, 11) is 0. The predicted molar refractivity (Wildman–Crippen MR) is 107 cm³/mol. The number of thiazole rings is 1. The van der Waals surface area contributed by atoms with Crippen LogP contribution in [0.4, 0.5) is 10.5 Å². The third kappa shape index (κ3) is 3.80. The molecule has 1 aromatic carbocycles. The van der Waals surface area contributed by atoms with Crippen LogP contribution < -0.4 is 4.90 Å². The normalized spacial score (nSPS) is 20.5. The van der Waals surface area contributed by atoms with E-state index in [1.807, 2.05) is 24.3 Å². The van der Waals surface area contributed by atoms with Crippen molar-refractivity contribution in [2.24, 2.45) is 0 Å². The second-order valence-electron chi connectivity index (χ2n) is 7.02. The maximum absolute atomic E-state index is 12.4. The standard InChI is InChI=1S/C19H20N2O5S2/c22-11-19(5-6-19)12-1-3-13(4-2-12)21-14(10-27-18(21)25)8-26-9-16-20-7-15(28-16)17(23)24/h1-4,7,14,22H,5-6,8-11H2,(H,23,24)/t14-/m0/s1. The van der Waals surface area contributed by atoms with Crippen molar-refractivity contribution >= 4 is 40.0 Å². The smallest absolute Gasteiger partial charge is 0.347 e. The summed E-state index contributed by atoms with van der Waals surface area (Å²) in [4.78, 5) is 29.3. The number of amides is 1. The van der Waals surface area contributed by atoms with Crippen LogP contribution >= 0.6 is 23.1 Å². The number of benzene rings is 1. The van der Waals surface area contributed by atoms with E-state index in [1.54, 1.807) is 4.90 Å². The zero-order chi connectivity index (χ0) is 19.7. The number of hydrogen-bond acceptors (Lipinski definition) is 7. The maximum atomic E-state index is 12.4. The molecule has 1 aliphatic heterocycles. The fraction of sp³-hybridized carbons (Fsp3) is 0.421. The van der Waals surface area contributed by atoms with E-state index in [9.17, 15) is 14.7 Å². The van der Waals surface area contributed by atoms with Gasteiger partial charge in [-0.25, -0.2) is 9.78 Å². The largest absolute Gasteiger partial charge is 0.477 e. The lowest BCUT2D eigenvalue weighted by Gasteiger charge is -2.24. The van der Waals surface area contributed by atoms with Gasteiger partial charge in [0.25, 0.3) is 5.24 Å². The first-order chi connectivity index (χ1) is 13.5. The molecule has 0 radical (unpaired) electrons. The number of nitrogens with zero attached hydrogens (tertiary/aromatic N) is 2. The van der Waals surface area contributed by atoms with E-state index in [0.29, 0.717) is 17.4 Å². The Hall–Kier alpha value is -1.94. The lowest BCUT2D eigenvalue weighted by atomic mass is 9.97. The van der Waals surface area contributed by atoms with Gasteiger partial charge in [0.05, 0.1) is 32.1 Å². The number of hydrogen-bond donors (Lipinski definition) is 2. The molecule has 2 heterocycles. The van der Waals surface area contributed by atoms with E-state index in [2.05, 4.69) is 4.98 Å². The van der Waals surface area contributed by atoms with Crippen LogP contribution in [0.15, 0.2) is 30.5 Å². The molecule has 2 aromatic rings. The summed E-state index contributed by atoms with van der Waals surface area (Å²) in [6, 6.07) is 7.77. The summed E-state index contributed by atoms with van der Waals surface area (Å²) in [6.45, 7) is 0.726. The number of ether oxygens (including phenoxy) is 1. The number of rotatable bonds is 8. The van der Waals surface area contributed by atoms with Crippen LogP contribution in [0, 0.1) is 0 Å². The van der Waals surface area contributed by atoms with Crippen molar-refractivity contribution in [3.05, 3.63) is 45.9 Å². The SMILES string of the molecule is O=C(O)c1cnc(COC[C@H]2CSC(=O)N2c2ccc(C3(CO)CC3)cc2)s1. The molecule has 2 aliphatic rings. The molecule has 1 saturated carbocycles. The molecule has 1 aliphatic carbocycles. The van der Waals surface area contributed by atoms with Gasteiger partial charge in [-0.1, -0.05) is 23.9 Å². The fourth-order valence-corrected chi connectivity index (χ4v) is 4.99. The van der Waals surface area contributed by atoms with Gasteiger partial charge in [0.2, 0.25) is 0 Å². The molecular weight excluding hydrogens is 400 g/mol. The summed E-state index contributed by atoms with van der Waals surface area (Å²) in [5.74, 6) is -0.357. The first kappa shape index (κ1) is 19.4. The lowest BCUT2D eigenvalue weighted by molar-refractivity contribution is 0.0702. The topological polar surface area (TPSA) is 100.0 Å². The van der Waals surface area contributed by atoms with E-state index < -0.39 is 5.97 Å². The van der Waals surface area contributed by atoms with Crippen LogP contribution in [0.2, 0.25) is 0 Å². The van der Waals surface area contributed by atoms with Gasteiger partial charge in [-0.15, -0.1) is 11.3 Å². The molecule has 9 heteroatoms. The number of carboxylic acid groups (broad SMARTS) is 1. The van der Waals surface area contributed by atoms with Gasteiger partial charge in [-0.3, -0.25) is 9.69 Å². The van der Waals surface area contributed by atoms with Crippen LogP contribution in [0.3, 0.4) is 0 Å². The number of carboxylic acids is 1. The molecule has 0 unspecified atom stereocenters. The molecular formula is C19H20N2O5S2. The molecule has 0 spiro atoms. The molecule has 1 atom stereocenters. The van der Waals surface area contributed by atoms with Gasteiger partial charge in [0.15, 0.2) is 0 Å². The molecule has 0 bridgehead atoms. The number of anilines is 1. The summed E-state index contributed by atoms with van der Waals surface area (Å²) in [6.07, 6.45) is 3.32. The monoisotopic (exact) mass is 420 g/mol. The van der Waals surface area contributed by atoms with Gasteiger partial charge in [0.1, 0.15) is 9.88 Å². The fourth-order valence-electron chi connectivity index (χ4n) is 3.32. The Labute approximate surface area is 170 Å². The molecule has 28 heavy (non-hydrogen) atoms. The Morgan fingerprint density at radius 2 is 2.07 bits per heavy atom. The van der Waals surface area contributed by atoms with Crippen molar-refractivity contribution in [3.63, 3.8) is 0 Å². The van der Waals surface area contributed by atoms with Gasteiger partial charge in [0, 0.05) is 16.9 Å². The number of aliphatic hydroxyl groups is 1.